The van der Waals surface area contributed by atoms with Crippen LogP contribution >= 0.6 is 11.6 Å². The van der Waals surface area contributed by atoms with E-state index in [1.54, 1.807) is 0 Å². The summed E-state index contributed by atoms with van der Waals surface area (Å²) in [6, 6.07) is 1.43. The normalized spacial score (nSPS) is 11.8. The summed E-state index contributed by atoms with van der Waals surface area (Å²) in [6.07, 6.45) is 1.12. The molecule has 1 rings (SSSR count). The third-order valence-corrected chi connectivity index (χ3v) is 1.91. The van der Waals surface area contributed by atoms with Gasteiger partial charge in [0.25, 0.3) is 0 Å². The molecule has 66 valence electrons. The minimum atomic E-state index is -0.343. The molecule has 0 aliphatic rings. The summed E-state index contributed by atoms with van der Waals surface area (Å²) in [7, 11) is 0. The van der Waals surface area contributed by atoms with Crippen LogP contribution < -0.4 is 0 Å². The maximum absolute atomic E-state index is 12.8. The van der Waals surface area contributed by atoms with Gasteiger partial charge in [0.05, 0.1) is 6.20 Å². The van der Waals surface area contributed by atoms with Crippen LogP contribution in [0.15, 0.2) is 12.3 Å². The van der Waals surface area contributed by atoms with Crippen molar-refractivity contribution in [1.29, 1.82) is 0 Å². The quantitative estimate of drug-likeness (QED) is 0.569. The second kappa shape index (κ2) is 3.02. The summed E-state index contributed by atoms with van der Waals surface area (Å²) in [5, 5.41) is 0.379. The van der Waals surface area contributed by atoms with Crippen molar-refractivity contribution in [3.63, 3.8) is 0 Å². The fourth-order valence-corrected chi connectivity index (χ4v) is 1.34. The van der Waals surface area contributed by atoms with Crippen LogP contribution in [-0.4, -0.2) is 4.98 Å². The number of halogens is 2. The van der Waals surface area contributed by atoms with Crippen molar-refractivity contribution in [3.8, 4) is 0 Å². The lowest BCUT2D eigenvalue weighted by atomic mass is 9.88. The first-order valence-corrected chi connectivity index (χ1v) is 4.10. The van der Waals surface area contributed by atoms with Gasteiger partial charge in [-0.1, -0.05) is 32.4 Å². The van der Waals surface area contributed by atoms with E-state index >= 15 is 0 Å². The van der Waals surface area contributed by atoms with Gasteiger partial charge in [-0.3, -0.25) is 0 Å². The van der Waals surface area contributed by atoms with Gasteiger partial charge in [-0.05, 0) is 17.0 Å². The summed E-state index contributed by atoms with van der Waals surface area (Å²) in [6.45, 7) is 5.90. The van der Waals surface area contributed by atoms with Crippen LogP contribution in [0.25, 0.3) is 0 Å². The van der Waals surface area contributed by atoms with Gasteiger partial charge in [-0.15, -0.1) is 0 Å². The Morgan fingerprint density at radius 3 is 2.42 bits per heavy atom. The van der Waals surface area contributed by atoms with Crippen molar-refractivity contribution in [2.24, 2.45) is 0 Å². The number of hydrogen-bond donors (Lipinski definition) is 0. The molecule has 0 unspecified atom stereocenters. The second-order valence-electron chi connectivity index (χ2n) is 3.74. The highest BCUT2D eigenvalue weighted by molar-refractivity contribution is 6.30. The molecule has 3 heteroatoms. The number of rotatable bonds is 0. The van der Waals surface area contributed by atoms with E-state index in [0.717, 1.165) is 11.8 Å². The highest BCUT2D eigenvalue weighted by atomic mass is 35.5. The highest BCUT2D eigenvalue weighted by Gasteiger charge is 2.18. The predicted molar refractivity (Wildman–Crippen MR) is 47.9 cm³/mol. The van der Waals surface area contributed by atoms with Gasteiger partial charge >= 0.3 is 0 Å². The van der Waals surface area contributed by atoms with E-state index < -0.39 is 0 Å². The van der Waals surface area contributed by atoms with E-state index in [2.05, 4.69) is 4.98 Å². The van der Waals surface area contributed by atoms with Gasteiger partial charge in [-0.25, -0.2) is 9.37 Å². The zero-order valence-corrected chi connectivity index (χ0v) is 8.11. The molecule has 0 amide bonds. The largest absolute Gasteiger partial charge is 0.241 e. The maximum Gasteiger partial charge on any atom is 0.141 e. The third-order valence-electron chi connectivity index (χ3n) is 1.61. The molecule has 0 aromatic carbocycles. The molecule has 0 bridgehead atoms. The summed E-state index contributed by atoms with van der Waals surface area (Å²) in [5.74, 6) is -0.343. The minimum Gasteiger partial charge on any atom is -0.241 e. The molecule has 1 aromatic heterocycles. The average Bonchev–Trinajstić information content (AvgIpc) is 1.92. The Kier molecular flexibility index (Phi) is 2.38. The Morgan fingerprint density at radius 2 is 2.00 bits per heavy atom. The van der Waals surface area contributed by atoms with Crippen LogP contribution in [0, 0.1) is 5.82 Å². The molecule has 0 N–H and O–H groups in total. The Labute approximate surface area is 76.6 Å². The van der Waals surface area contributed by atoms with Crippen molar-refractivity contribution in [1.82, 2.24) is 4.98 Å². The topological polar surface area (TPSA) is 12.9 Å². The molecule has 12 heavy (non-hydrogen) atoms. The minimum absolute atomic E-state index is 0.161. The molecule has 0 saturated carbocycles. The van der Waals surface area contributed by atoms with E-state index in [1.165, 1.54) is 6.07 Å². The fourth-order valence-electron chi connectivity index (χ4n) is 0.949. The second-order valence-corrected chi connectivity index (χ2v) is 4.10. The van der Waals surface area contributed by atoms with E-state index in [0.29, 0.717) is 5.15 Å². The Balaban J connectivity index is 3.23. The van der Waals surface area contributed by atoms with Gasteiger partial charge in [0.1, 0.15) is 11.0 Å². The third kappa shape index (κ3) is 1.95. The zero-order chi connectivity index (χ0) is 9.35. The van der Waals surface area contributed by atoms with Crippen LogP contribution in [0.2, 0.25) is 5.15 Å². The van der Waals surface area contributed by atoms with Crippen LogP contribution in [-0.2, 0) is 5.41 Å². The van der Waals surface area contributed by atoms with Gasteiger partial charge in [0, 0.05) is 0 Å². The van der Waals surface area contributed by atoms with Crippen LogP contribution in [0.5, 0.6) is 0 Å². The van der Waals surface area contributed by atoms with Gasteiger partial charge in [-0.2, -0.15) is 0 Å². The SMILES string of the molecule is CC(C)(C)c1cc(F)cnc1Cl. The smallest absolute Gasteiger partial charge is 0.141 e. The summed E-state index contributed by atoms with van der Waals surface area (Å²) >= 11 is 5.80. The molecular weight excluding hydrogens is 177 g/mol. The van der Waals surface area contributed by atoms with Crippen LogP contribution in [0.4, 0.5) is 4.39 Å². The maximum atomic E-state index is 12.8. The number of nitrogens with zero attached hydrogens (tertiary/aromatic N) is 1. The van der Waals surface area contributed by atoms with E-state index in [1.807, 2.05) is 20.8 Å². The molecule has 1 aromatic rings. The molecule has 0 spiro atoms. The Hall–Kier alpha value is -0.630. The molecule has 0 radical (unpaired) electrons. The van der Waals surface area contributed by atoms with Crippen LogP contribution in [0.1, 0.15) is 26.3 Å². The monoisotopic (exact) mass is 187 g/mol. The van der Waals surface area contributed by atoms with Crippen molar-refractivity contribution in [2.45, 2.75) is 26.2 Å². The van der Waals surface area contributed by atoms with Crippen molar-refractivity contribution >= 4 is 11.6 Å². The molecule has 1 heterocycles. The van der Waals surface area contributed by atoms with E-state index in [-0.39, 0.29) is 11.2 Å². The lowest BCUT2D eigenvalue weighted by Gasteiger charge is -2.19. The summed E-state index contributed by atoms with van der Waals surface area (Å²) in [5.41, 5.74) is 0.579. The summed E-state index contributed by atoms with van der Waals surface area (Å²) < 4.78 is 12.8. The van der Waals surface area contributed by atoms with Crippen molar-refractivity contribution < 1.29 is 4.39 Å². The van der Waals surface area contributed by atoms with Gasteiger partial charge in [0.2, 0.25) is 0 Å². The van der Waals surface area contributed by atoms with E-state index in [9.17, 15) is 4.39 Å². The van der Waals surface area contributed by atoms with Crippen molar-refractivity contribution in [3.05, 3.63) is 28.8 Å². The first kappa shape index (κ1) is 9.46. The molecule has 0 aliphatic heterocycles. The standard InChI is InChI=1S/C9H11ClFN/c1-9(2,3)7-4-6(11)5-12-8(7)10/h4-5H,1-3H3. The molecule has 1 nitrogen and oxygen atoms in total. The first-order chi connectivity index (χ1) is 5.41. The number of hydrogen-bond acceptors (Lipinski definition) is 1. The average molecular weight is 188 g/mol. The molecule has 0 fully saturated rings. The molecular formula is C9H11ClFN. The van der Waals surface area contributed by atoms with Gasteiger partial charge < -0.3 is 0 Å². The Morgan fingerprint density at radius 1 is 1.42 bits per heavy atom. The lowest BCUT2D eigenvalue weighted by molar-refractivity contribution is 0.566. The lowest BCUT2D eigenvalue weighted by Crippen LogP contribution is -2.12. The van der Waals surface area contributed by atoms with Crippen molar-refractivity contribution in [2.75, 3.05) is 0 Å². The number of aromatic nitrogens is 1. The Bertz CT molecular complexity index is 291. The highest BCUT2D eigenvalue weighted by Crippen LogP contribution is 2.27. The first-order valence-electron chi connectivity index (χ1n) is 3.73. The summed E-state index contributed by atoms with van der Waals surface area (Å²) in [4.78, 5) is 3.74. The molecule has 0 atom stereocenters. The van der Waals surface area contributed by atoms with Crippen LogP contribution in [0.3, 0.4) is 0 Å². The van der Waals surface area contributed by atoms with E-state index in [4.69, 9.17) is 11.6 Å². The molecule has 0 aliphatic carbocycles. The predicted octanol–water partition coefficient (Wildman–Crippen LogP) is 3.17. The number of pyridine rings is 1. The molecule has 0 saturated heterocycles. The zero-order valence-electron chi connectivity index (χ0n) is 7.36. The van der Waals surface area contributed by atoms with Gasteiger partial charge in [0.15, 0.2) is 0 Å². The fraction of sp³-hybridized carbons (Fsp3) is 0.444.